The predicted octanol–water partition coefficient (Wildman–Crippen LogP) is 7.24. The molecule has 0 aliphatic heterocycles. The Balaban J connectivity index is 1.67. The number of aryl methyl sites for hydroxylation is 4. The number of para-hydroxylation sites is 4. The highest BCUT2D eigenvalue weighted by atomic mass is 31.2. The lowest BCUT2D eigenvalue weighted by molar-refractivity contribution is 0.368. The number of hydrogen-bond donors (Lipinski definition) is 8. The van der Waals surface area contributed by atoms with E-state index in [1.165, 1.54) is 0 Å². The maximum absolute atomic E-state index is 12.4. The monoisotopic (exact) mass is 948 g/mol. The number of nitrogens with zero attached hydrogens (tertiary/aromatic N) is 4. The molecule has 0 unspecified atom stereocenters. The first-order valence-corrected chi connectivity index (χ1v) is 28.1. The summed E-state index contributed by atoms with van der Waals surface area (Å²) in [5, 5.41) is 9.25. The zero-order chi connectivity index (χ0) is 45.3. The first-order valence-electron chi connectivity index (χ1n) is 21.0. The fraction of sp³-hybridized carbons (Fsp3) is 0.273. The molecule has 64 heavy (non-hydrogen) atoms. The SMILES string of the molecule is O=P(O)(O)CCCn1c2/c(c3ccccc31)=c1\c(c3ccccc3n1CCCP(=O)(O)O)=c1/c(c3ccccc3n1CCCP(=O)(O)O)=c1\c=2c2ccccc2n1CCCP(=O)(O)O. The van der Waals surface area contributed by atoms with Crippen molar-refractivity contribution >= 4 is 74.0 Å². The van der Waals surface area contributed by atoms with Gasteiger partial charge in [-0.3, -0.25) is 18.3 Å². The third-order valence-corrected chi connectivity index (χ3v) is 15.8. The summed E-state index contributed by atoms with van der Waals surface area (Å²) in [4.78, 5) is 80.5. The van der Waals surface area contributed by atoms with Crippen molar-refractivity contribution in [3.8, 4) is 0 Å². The van der Waals surface area contributed by atoms with Crippen molar-refractivity contribution in [3.05, 3.63) is 139 Å². The van der Waals surface area contributed by atoms with E-state index in [2.05, 4.69) is 18.3 Å². The highest BCUT2D eigenvalue weighted by molar-refractivity contribution is 7.52. The average Bonchev–Trinajstić information content (AvgIpc) is 3.90. The van der Waals surface area contributed by atoms with Crippen LogP contribution in [0.3, 0.4) is 0 Å². The Morgan fingerprint density at radius 1 is 0.312 bits per heavy atom. The average molecular weight is 949 g/mol. The minimum Gasteiger partial charge on any atom is -0.340 e. The van der Waals surface area contributed by atoms with E-state index in [1.54, 1.807) is 0 Å². The van der Waals surface area contributed by atoms with Crippen LogP contribution >= 0.6 is 30.4 Å². The molecular formula is C44H48N4O12P4. The summed E-state index contributed by atoms with van der Waals surface area (Å²) < 4.78 is 57.8. The van der Waals surface area contributed by atoms with Gasteiger partial charge in [0.15, 0.2) is 0 Å². The molecule has 336 valence electrons. The molecule has 0 amide bonds. The van der Waals surface area contributed by atoms with Gasteiger partial charge in [-0.25, -0.2) is 0 Å². The zero-order valence-corrected chi connectivity index (χ0v) is 38.1. The van der Waals surface area contributed by atoms with Crippen molar-refractivity contribution in [2.24, 2.45) is 0 Å². The molecule has 9 rings (SSSR count). The Bertz CT molecular complexity index is 3240. The van der Waals surface area contributed by atoms with Gasteiger partial charge in [0.05, 0.1) is 46.0 Å². The summed E-state index contributed by atoms with van der Waals surface area (Å²) in [6.07, 6.45) is -1.00. The van der Waals surface area contributed by atoms with E-state index < -0.39 is 30.4 Å². The molecule has 0 saturated carbocycles. The molecular weight excluding hydrogens is 900 g/mol. The molecule has 4 heterocycles. The number of rotatable bonds is 16. The minimum absolute atomic E-state index is 0.119. The van der Waals surface area contributed by atoms with Crippen molar-refractivity contribution in [1.82, 2.24) is 18.3 Å². The van der Waals surface area contributed by atoms with E-state index >= 15 is 0 Å². The molecule has 0 radical (unpaired) electrons. The smallest absolute Gasteiger partial charge is 0.325 e. The van der Waals surface area contributed by atoms with Crippen LogP contribution in [0.4, 0.5) is 0 Å². The lowest BCUT2D eigenvalue weighted by Gasteiger charge is -2.10. The molecule has 0 spiro atoms. The summed E-state index contributed by atoms with van der Waals surface area (Å²) in [5.74, 6) is 0. The second kappa shape index (κ2) is 16.8. The Morgan fingerprint density at radius 3 is 0.688 bits per heavy atom. The van der Waals surface area contributed by atoms with Crippen LogP contribution in [0.2, 0.25) is 0 Å². The highest BCUT2D eigenvalue weighted by Gasteiger charge is 2.25. The van der Waals surface area contributed by atoms with Gasteiger partial charge in [0.25, 0.3) is 0 Å². The molecule has 0 fully saturated rings. The van der Waals surface area contributed by atoms with Gasteiger partial charge in [0.2, 0.25) is 0 Å². The predicted molar refractivity (Wildman–Crippen MR) is 245 cm³/mol. The third kappa shape index (κ3) is 8.48. The number of fused-ring (bicyclic) bond motifs is 12. The Hall–Kier alpha value is -4.36. The van der Waals surface area contributed by atoms with E-state index in [0.717, 1.165) is 85.9 Å². The number of benzene rings is 4. The highest BCUT2D eigenvalue weighted by Crippen LogP contribution is 2.40. The van der Waals surface area contributed by atoms with Gasteiger partial charge >= 0.3 is 30.4 Å². The topological polar surface area (TPSA) is 250 Å². The fourth-order valence-corrected chi connectivity index (χ4v) is 12.1. The van der Waals surface area contributed by atoms with Gasteiger partial charge in [-0.1, -0.05) is 72.8 Å². The lowest BCUT2D eigenvalue weighted by Crippen LogP contribution is -2.06. The normalized spacial score (nSPS) is 15.6. The minimum atomic E-state index is -4.41. The van der Waals surface area contributed by atoms with Crippen LogP contribution < -0.4 is 0 Å². The second-order valence-corrected chi connectivity index (χ2v) is 23.6. The van der Waals surface area contributed by atoms with E-state index in [-0.39, 0.29) is 76.5 Å². The van der Waals surface area contributed by atoms with E-state index in [0.29, 0.717) is 0 Å². The van der Waals surface area contributed by atoms with Crippen LogP contribution in [0, 0.1) is 42.3 Å². The van der Waals surface area contributed by atoms with Crippen molar-refractivity contribution < 1.29 is 57.4 Å². The van der Waals surface area contributed by atoms with Crippen LogP contribution in [0.15, 0.2) is 97.1 Å². The zero-order valence-electron chi connectivity index (χ0n) is 34.5. The molecule has 1 aliphatic rings. The first-order chi connectivity index (χ1) is 30.3. The molecule has 8 aromatic rings. The molecule has 0 atom stereocenters. The molecule has 4 aromatic heterocycles. The third-order valence-electron chi connectivity index (χ3n) is 12.2. The van der Waals surface area contributed by atoms with E-state index in [1.807, 2.05) is 97.1 Å². The molecule has 20 heteroatoms. The van der Waals surface area contributed by atoms with Crippen molar-refractivity contribution in [2.75, 3.05) is 24.6 Å². The first kappa shape index (κ1) is 44.8. The maximum Gasteiger partial charge on any atom is 0.325 e. The van der Waals surface area contributed by atoms with Crippen molar-refractivity contribution in [2.45, 2.75) is 51.9 Å². The summed E-state index contributed by atoms with van der Waals surface area (Å²) in [5.41, 5.74) is 3.12. The fourth-order valence-electron chi connectivity index (χ4n) is 9.88. The largest absolute Gasteiger partial charge is 0.340 e. The molecule has 0 bridgehead atoms. The molecule has 8 N–H and O–H groups in total. The second-order valence-electron chi connectivity index (χ2n) is 16.5. The van der Waals surface area contributed by atoms with Gasteiger partial charge in [0, 0.05) is 90.7 Å². The number of aromatic nitrogens is 4. The Kier molecular flexibility index (Phi) is 11.8. The van der Waals surface area contributed by atoms with Crippen LogP contribution in [0.25, 0.3) is 43.6 Å². The summed E-state index contributed by atoms with van der Waals surface area (Å²) in [6, 6.07) is 31.1. The van der Waals surface area contributed by atoms with Crippen molar-refractivity contribution in [3.63, 3.8) is 0 Å². The van der Waals surface area contributed by atoms with Crippen LogP contribution in [0.1, 0.15) is 25.7 Å². The van der Waals surface area contributed by atoms with E-state index in [9.17, 15) is 57.4 Å². The van der Waals surface area contributed by atoms with Gasteiger partial charge < -0.3 is 57.4 Å². The van der Waals surface area contributed by atoms with Crippen LogP contribution in [-0.2, 0) is 44.4 Å². The van der Waals surface area contributed by atoms with Crippen molar-refractivity contribution in [1.29, 1.82) is 0 Å². The molecule has 1 aliphatic carbocycles. The summed E-state index contributed by atoms with van der Waals surface area (Å²) in [6.45, 7) is 0.789. The molecule has 0 saturated heterocycles. The lowest BCUT2D eigenvalue weighted by atomic mass is 10.1. The Labute approximate surface area is 364 Å². The van der Waals surface area contributed by atoms with Crippen LogP contribution in [-0.4, -0.2) is 82.1 Å². The quantitative estimate of drug-likeness (QED) is 0.0447. The van der Waals surface area contributed by atoms with Gasteiger partial charge in [-0.15, -0.1) is 0 Å². The molecule has 16 nitrogen and oxygen atoms in total. The van der Waals surface area contributed by atoms with Gasteiger partial charge in [0.1, 0.15) is 0 Å². The van der Waals surface area contributed by atoms with Gasteiger partial charge in [-0.2, -0.15) is 0 Å². The standard InChI is InChI=1S/C44H48N4O12P4/c49-61(50,51)25-9-21-45-33-17-5-1-13-29(33)37-41(45)38-31-15-3-7-19-35(31)47(23-11-27-63(55,56)57)43(38)40-32-16-4-8-20-36(32)48(24-12-28-64(58,59)60)44(40)39-30-14-2-6-18-34(30)46(42(37)39)22-10-26-62(52,53)54/h1-8,13-20H,9-12,21-28H2,(H2,49,50,51)(H2,52,53,54)(H2,55,56,57)(H2,58,59,60)/b41-38+,42-37+,43-40+,44-39+. The van der Waals surface area contributed by atoms with E-state index in [4.69, 9.17) is 0 Å². The summed E-state index contributed by atoms with van der Waals surface area (Å²) >= 11 is 0. The van der Waals surface area contributed by atoms with Gasteiger partial charge in [-0.05, 0) is 49.9 Å². The number of hydrogen-bond acceptors (Lipinski definition) is 4. The maximum atomic E-state index is 12.4. The van der Waals surface area contributed by atoms with Crippen LogP contribution in [0.5, 0.6) is 0 Å². The Morgan fingerprint density at radius 2 is 0.500 bits per heavy atom. The summed E-state index contributed by atoms with van der Waals surface area (Å²) in [7, 11) is -17.6. The molecule has 4 aromatic carbocycles.